The van der Waals surface area contributed by atoms with Crippen LogP contribution in [-0.2, 0) is 38.0 Å². The Bertz CT molecular complexity index is 1270. The van der Waals surface area contributed by atoms with Gasteiger partial charge in [0.25, 0.3) is 0 Å². The van der Waals surface area contributed by atoms with Crippen LogP contribution in [0.4, 0.5) is 0 Å². The van der Waals surface area contributed by atoms with Crippen molar-refractivity contribution < 1.29 is 73.8 Å². The Morgan fingerprint density at radius 1 is 0.443 bits per heavy atom. The highest BCUT2D eigenvalue weighted by atomic mass is 16.7. The van der Waals surface area contributed by atoms with E-state index in [0.29, 0.717) is 12.8 Å². The molecule has 0 spiro atoms. The first kappa shape index (κ1) is 64.4. The zero-order valence-corrected chi connectivity index (χ0v) is 43.8. The summed E-state index contributed by atoms with van der Waals surface area (Å²) in [5, 5.41) is 72.2. The van der Waals surface area contributed by atoms with Gasteiger partial charge in [0.15, 0.2) is 18.7 Å². The van der Waals surface area contributed by atoms with E-state index < -0.39 is 92.7 Å². The molecule has 2 aliphatic rings. The fourth-order valence-electron chi connectivity index (χ4n) is 9.10. The molecule has 0 bridgehead atoms. The van der Waals surface area contributed by atoms with Crippen LogP contribution >= 0.6 is 0 Å². The first-order valence-corrected chi connectivity index (χ1v) is 28.3. The summed E-state index contributed by atoms with van der Waals surface area (Å²) in [6.07, 6.45) is 26.6. The summed E-state index contributed by atoms with van der Waals surface area (Å²) < 4.78 is 33.7. The molecule has 0 aromatic carbocycles. The van der Waals surface area contributed by atoms with E-state index in [1.54, 1.807) is 0 Å². The van der Waals surface area contributed by atoms with Gasteiger partial charge in [-0.05, 0) is 38.5 Å². The summed E-state index contributed by atoms with van der Waals surface area (Å²) in [5.41, 5.74) is 0. The van der Waals surface area contributed by atoms with E-state index in [-0.39, 0.29) is 26.1 Å². The lowest BCUT2D eigenvalue weighted by Gasteiger charge is -2.42. The predicted octanol–water partition coefficient (Wildman–Crippen LogP) is 8.94. The Morgan fingerprint density at radius 2 is 0.814 bits per heavy atom. The molecule has 15 heteroatoms. The van der Waals surface area contributed by atoms with Crippen molar-refractivity contribution in [2.75, 3.05) is 26.4 Å². The van der Waals surface area contributed by atoms with Gasteiger partial charge < -0.3 is 64.2 Å². The molecule has 2 heterocycles. The van der Waals surface area contributed by atoms with Crippen LogP contribution in [0.15, 0.2) is 12.2 Å². The lowest BCUT2D eigenvalue weighted by atomic mass is 9.98. The molecule has 0 aromatic heterocycles. The van der Waals surface area contributed by atoms with E-state index in [4.69, 9.17) is 28.4 Å². The molecule has 2 saturated heterocycles. The number of hydrogen-bond donors (Lipinski definition) is 7. The summed E-state index contributed by atoms with van der Waals surface area (Å²) >= 11 is 0. The quantitative estimate of drug-likeness (QED) is 0.0172. The number of carbonyl (C=O) groups excluding carboxylic acids is 2. The number of aliphatic hydroxyl groups is 7. The number of esters is 2. The van der Waals surface area contributed by atoms with Crippen LogP contribution in [-0.4, -0.2) is 142 Å². The van der Waals surface area contributed by atoms with Crippen LogP contribution in [0.3, 0.4) is 0 Å². The second kappa shape index (κ2) is 42.6. The van der Waals surface area contributed by atoms with Crippen molar-refractivity contribution >= 4 is 11.9 Å². The molecular weight excluding hydrogens is 901 g/mol. The van der Waals surface area contributed by atoms with Gasteiger partial charge in [-0.2, -0.15) is 0 Å². The summed E-state index contributed by atoms with van der Waals surface area (Å²) in [6, 6.07) is 0. The number of carbonyl (C=O) groups is 2. The maximum atomic E-state index is 13.0. The largest absolute Gasteiger partial charge is 0.462 e. The van der Waals surface area contributed by atoms with Crippen LogP contribution in [0.5, 0.6) is 0 Å². The summed E-state index contributed by atoms with van der Waals surface area (Å²) in [4.78, 5) is 25.8. The number of ether oxygens (including phenoxy) is 6. The lowest BCUT2D eigenvalue weighted by molar-refractivity contribution is -0.332. The van der Waals surface area contributed by atoms with E-state index in [2.05, 4.69) is 26.0 Å². The molecule has 4 unspecified atom stereocenters. The number of hydrogen-bond acceptors (Lipinski definition) is 15. The molecule has 0 saturated carbocycles. The fraction of sp³-hybridized carbons (Fsp3) is 0.927. The van der Waals surface area contributed by atoms with Gasteiger partial charge >= 0.3 is 11.9 Å². The second-order valence-electron chi connectivity index (χ2n) is 20.1. The van der Waals surface area contributed by atoms with E-state index >= 15 is 0 Å². The Balaban J connectivity index is 1.76. The molecule has 2 fully saturated rings. The van der Waals surface area contributed by atoms with Gasteiger partial charge in [0, 0.05) is 12.8 Å². The maximum Gasteiger partial charge on any atom is 0.306 e. The van der Waals surface area contributed by atoms with Gasteiger partial charge in [-0.3, -0.25) is 9.59 Å². The number of allylic oxidation sites excluding steroid dienone is 2. The molecule has 412 valence electrons. The molecule has 11 atom stereocenters. The minimum atomic E-state index is -1.76. The molecule has 0 radical (unpaired) electrons. The summed E-state index contributed by atoms with van der Waals surface area (Å²) in [6.45, 7) is 2.62. The minimum Gasteiger partial charge on any atom is -0.462 e. The van der Waals surface area contributed by atoms with Crippen LogP contribution < -0.4 is 0 Å². The van der Waals surface area contributed by atoms with Crippen LogP contribution in [0.2, 0.25) is 0 Å². The molecule has 0 aromatic rings. The van der Waals surface area contributed by atoms with Crippen molar-refractivity contribution in [3.63, 3.8) is 0 Å². The van der Waals surface area contributed by atoms with E-state index in [9.17, 15) is 45.3 Å². The molecule has 70 heavy (non-hydrogen) atoms. The minimum absolute atomic E-state index is 0.167. The van der Waals surface area contributed by atoms with Crippen LogP contribution in [0, 0.1) is 0 Å². The monoisotopic (exact) mass is 1000 g/mol. The van der Waals surface area contributed by atoms with Crippen molar-refractivity contribution in [2.24, 2.45) is 0 Å². The molecule has 0 amide bonds. The normalized spacial score (nSPS) is 25.4. The Labute approximate surface area is 422 Å². The zero-order valence-electron chi connectivity index (χ0n) is 43.8. The predicted molar refractivity (Wildman–Crippen MR) is 271 cm³/mol. The Morgan fingerprint density at radius 3 is 1.27 bits per heavy atom. The van der Waals surface area contributed by atoms with Crippen molar-refractivity contribution in [3.8, 4) is 0 Å². The first-order chi connectivity index (χ1) is 34.0. The number of rotatable bonds is 45. The molecule has 2 rings (SSSR count). The maximum absolute atomic E-state index is 13.0. The average Bonchev–Trinajstić information content (AvgIpc) is 3.35. The molecule has 7 N–H and O–H groups in total. The van der Waals surface area contributed by atoms with Gasteiger partial charge in [0.05, 0.1) is 19.8 Å². The van der Waals surface area contributed by atoms with Crippen molar-refractivity contribution in [1.82, 2.24) is 0 Å². The standard InChI is InChI=1S/C55H102O15/c1-3-5-7-9-11-13-15-17-19-21-23-25-27-29-31-33-35-37-46(57)65-40-43(68-47(58)38-36-34-32-30-28-26-24-22-20-18-16-14-12-10-8-6-4-2)41-66-54-53(64)51(62)49(60)45(70-54)42-67-55-52(63)50(61)48(59)44(39-56)69-55/h14,16,43-45,48-56,59-64H,3-13,15,17-42H2,1-2H3/b16-14+/t43-,44+,45+,48-,49-,50?,51?,52?,53?,54+,55+/m0/s1. The van der Waals surface area contributed by atoms with Crippen molar-refractivity contribution in [1.29, 1.82) is 0 Å². The van der Waals surface area contributed by atoms with Crippen LogP contribution in [0.25, 0.3) is 0 Å². The number of unbranched alkanes of at least 4 members (excludes halogenated alkanes) is 29. The van der Waals surface area contributed by atoms with Gasteiger partial charge in [-0.15, -0.1) is 0 Å². The third-order valence-electron chi connectivity index (χ3n) is 13.7. The first-order valence-electron chi connectivity index (χ1n) is 28.3. The van der Waals surface area contributed by atoms with E-state index in [1.165, 1.54) is 148 Å². The van der Waals surface area contributed by atoms with Gasteiger partial charge in [-0.1, -0.05) is 193 Å². The van der Waals surface area contributed by atoms with Gasteiger partial charge in [-0.25, -0.2) is 0 Å². The third-order valence-corrected chi connectivity index (χ3v) is 13.7. The second-order valence-corrected chi connectivity index (χ2v) is 20.1. The van der Waals surface area contributed by atoms with Crippen molar-refractivity contribution in [3.05, 3.63) is 12.2 Å². The van der Waals surface area contributed by atoms with E-state index in [0.717, 1.165) is 44.9 Å². The molecule has 2 aliphatic heterocycles. The molecular formula is C55H102O15. The van der Waals surface area contributed by atoms with Crippen molar-refractivity contribution in [2.45, 2.75) is 300 Å². The van der Waals surface area contributed by atoms with Gasteiger partial charge in [0.1, 0.15) is 55.4 Å². The SMILES string of the molecule is CCCCCC/C=C/CCCCCCCCCCCC(=O)O[C@@H](COC(=O)CCCCCCCCCCCCCCCCCCC)CO[C@@H]1O[C@H](CO[C@@H]2O[C@H](CO)[C@H](O)C(O)C2O)[C@H](O)C(O)C1O. The summed E-state index contributed by atoms with van der Waals surface area (Å²) in [7, 11) is 0. The topological polar surface area (TPSA) is 231 Å². The average molecular weight is 1000 g/mol. The fourth-order valence-corrected chi connectivity index (χ4v) is 9.10. The third kappa shape index (κ3) is 29.8. The molecule has 15 nitrogen and oxygen atoms in total. The Hall–Kier alpha value is -1.76. The van der Waals surface area contributed by atoms with Gasteiger partial charge in [0.2, 0.25) is 0 Å². The Kier molecular flexibility index (Phi) is 39.1. The zero-order chi connectivity index (χ0) is 51.0. The smallest absolute Gasteiger partial charge is 0.306 e. The lowest BCUT2D eigenvalue weighted by Crippen LogP contribution is -2.61. The van der Waals surface area contributed by atoms with Crippen LogP contribution in [0.1, 0.15) is 232 Å². The summed E-state index contributed by atoms with van der Waals surface area (Å²) in [5.74, 6) is -0.913. The number of aliphatic hydroxyl groups excluding tert-OH is 7. The van der Waals surface area contributed by atoms with E-state index in [1.807, 2.05) is 0 Å². The highest BCUT2D eigenvalue weighted by molar-refractivity contribution is 5.70. The molecule has 0 aliphatic carbocycles. The highest BCUT2D eigenvalue weighted by Gasteiger charge is 2.47. The highest BCUT2D eigenvalue weighted by Crippen LogP contribution is 2.27.